The van der Waals surface area contributed by atoms with Gasteiger partial charge in [-0.1, -0.05) is 0 Å². The van der Waals surface area contributed by atoms with E-state index in [2.05, 4.69) is 15.3 Å². The second-order valence-electron chi connectivity index (χ2n) is 6.36. The number of ether oxygens (including phenoxy) is 2. The lowest BCUT2D eigenvalue weighted by molar-refractivity contribution is -0.384. The molecule has 1 atom stereocenters. The normalized spacial score (nSPS) is 19.3. The van der Waals surface area contributed by atoms with Gasteiger partial charge in [-0.2, -0.15) is 4.98 Å². The summed E-state index contributed by atoms with van der Waals surface area (Å²) in [4.78, 5) is 55.9. The Hall–Kier alpha value is -4.22. The first kappa shape index (κ1) is 18.2. The number of nitrogens with one attached hydrogen (secondary N) is 2. The van der Waals surface area contributed by atoms with Crippen molar-refractivity contribution in [3.05, 3.63) is 67.1 Å². The number of amides is 1. The highest BCUT2D eigenvalue weighted by atomic mass is 16.6. The lowest BCUT2D eigenvalue weighted by Gasteiger charge is -2.33. The number of nitrogens with two attached hydrogens (primary N) is 1. The second-order valence-corrected chi connectivity index (χ2v) is 6.36. The SMILES string of the molecule is COC(=O)C1=C(N)Oc2nc(C)[nH]c(=O)c2C12C(=O)Nc1ccc([N+](=O)[O-])cc12. The van der Waals surface area contributed by atoms with Crippen molar-refractivity contribution in [3.63, 3.8) is 0 Å². The van der Waals surface area contributed by atoms with E-state index in [0.29, 0.717) is 0 Å². The molecule has 29 heavy (non-hydrogen) atoms. The van der Waals surface area contributed by atoms with Crippen molar-refractivity contribution in [3.8, 4) is 5.88 Å². The second kappa shape index (κ2) is 5.89. The summed E-state index contributed by atoms with van der Waals surface area (Å²) in [5.74, 6) is -2.47. The van der Waals surface area contributed by atoms with Gasteiger partial charge in [0.05, 0.1) is 12.0 Å². The summed E-state index contributed by atoms with van der Waals surface area (Å²) in [5, 5.41) is 13.9. The molecule has 0 aliphatic carbocycles. The fourth-order valence-corrected chi connectivity index (χ4v) is 3.69. The van der Waals surface area contributed by atoms with Crippen LogP contribution in [0.5, 0.6) is 5.88 Å². The van der Waals surface area contributed by atoms with Crippen molar-refractivity contribution in [1.29, 1.82) is 0 Å². The predicted octanol–water partition coefficient (Wildman–Crippen LogP) is -0.0396. The number of fused-ring (bicyclic) bond motifs is 4. The summed E-state index contributed by atoms with van der Waals surface area (Å²) >= 11 is 0. The molecule has 1 aromatic heterocycles. The molecule has 3 heterocycles. The summed E-state index contributed by atoms with van der Waals surface area (Å²) < 4.78 is 10.1. The van der Waals surface area contributed by atoms with Crippen molar-refractivity contribution in [2.45, 2.75) is 12.3 Å². The number of carbonyl (C=O) groups excluding carboxylic acids is 2. The van der Waals surface area contributed by atoms with Gasteiger partial charge in [-0.15, -0.1) is 0 Å². The molecule has 0 bridgehead atoms. The maximum absolute atomic E-state index is 13.3. The van der Waals surface area contributed by atoms with Crippen molar-refractivity contribution in [2.75, 3.05) is 12.4 Å². The van der Waals surface area contributed by atoms with Gasteiger partial charge in [-0.3, -0.25) is 19.7 Å². The maximum atomic E-state index is 13.3. The number of carbonyl (C=O) groups is 2. The van der Waals surface area contributed by atoms with E-state index < -0.39 is 39.2 Å². The Labute approximate surface area is 161 Å². The third-order valence-corrected chi connectivity index (χ3v) is 4.80. The lowest BCUT2D eigenvalue weighted by atomic mass is 9.69. The van der Waals surface area contributed by atoms with E-state index >= 15 is 0 Å². The van der Waals surface area contributed by atoms with Gasteiger partial charge in [0.15, 0.2) is 0 Å². The van der Waals surface area contributed by atoms with E-state index in [9.17, 15) is 24.5 Å². The number of esters is 1. The number of non-ortho nitro benzene ring substituents is 1. The number of nitro groups is 1. The number of benzene rings is 1. The smallest absolute Gasteiger partial charge is 0.340 e. The first-order valence-electron chi connectivity index (χ1n) is 8.20. The van der Waals surface area contributed by atoms with Crippen molar-refractivity contribution < 1.29 is 24.0 Å². The van der Waals surface area contributed by atoms with Gasteiger partial charge in [0.25, 0.3) is 11.2 Å². The Kier molecular flexibility index (Phi) is 3.69. The van der Waals surface area contributed by atoms with E-state index in [-0.39, 0.29) is 34.2 Å². The van der Waals surface area contributed by atoms with Crippen molar-refractivity contribution in [1.82, 2.24) is 9.97 Å². The van der Waals surface area contributed by atoms with Crippen LogP contribution in [-0.4, -0.2) is 33.9 Å². The number of anilines is 1. The molecule has 0 saturated heterocycles. The van der Waals surface area contributed by atoms with Crippen LogP contribution in [0, 0.1) is 17.0 Å². The molecule has 148 valence electrons. The number of methoxy groups -OCH3 is 1. The third-order valence-electron chi connectivity index (χ3n) is 4.80. The number of hydrogen-bond donors (Lipinski definition) is 3. The highest BCUT2D eigenvalue weighted by Gasteiger charge is 2.61. The van der Waals surface area contributed by atoms with Gasteiger partial charge in [0, 0.05) is 23.4 Å². The van der Waals surface area contributed by atoms with Crippen molar-refractivity contribution in [2.24, 2.45) is 5.73 Å². The van der Waals surface area contributed by atoms with Gasteiger partial charge in [0.1, 0.15) is 22.4 Å². The van der Waals surface area contributed by atoms with Gasteiger partial charge in [-0.05, 0) is 13.0 Å². The summed E-state index contributed by atoms with van der Waals surface area (Å²) in [6.45, 7) is 1.49. The summed E-state index contributed by atoms with van der Waals surface area (Å²) in [6.07, 6.45) is 0. The molecule has 12 nitrogen and oxygen atoms in total. The highest BCUT2D eigenvalue weighted by molar-refractivity contribution is 6.17. The fraction of sp³-hybridized carbons (Fsp3) is 0.176. The molecule has 1 unspecified atom stereocenters. The molecule has 4 N–H and O–H groups in total. The number of hydrogen-bond acceptors (Lipinski definition) is 9. The molecule has 1 spiro atoms. The number of aryl methyl sites for hydroxylation is 1. The maximum Gasteiger partial charge on any atom is 0.340 e. The van der Waals surface area contributed by atoms with Crippen LogP contribution < -0.4 is 21.3 Å². The number of rotatable bonds is 2. The highest BCUT2D eigenvalue weighted by Crippen LogP contribution is 2.52. The molecule has 12 heteroatoms. The first-order chi connectivity index (χ1) is 13.7. The largest absolute Gasteiger partial charge is 0.465 e. The number of aromatic nitrogens is 2. The molecular weight excluding hydrogens is 386 g/mol. The minimum absolute atomic E-state index is 0.0132. The van der Waals surface area contributed by atoms with Gasteiger partial charge >= 0.3 is 5.97 Å². The predicted molar refractivity (Wildman–Crippen MR) is 96.0 cm³/mol. The Morgan fingerprint density at radius 2 is 2.10 bits per heavy atom. The number of H-pyrrole nitrogens is 1. The van der Waals surface area contributed by atoms with Crippen LogP contribution >= 0.6 is 0 Å². The van der Waals surface area contributed by atoms with Gasteiger partial charge < -0.3 is 25.5 Å². The number of aromatic amines is 1. The van der Waals surface area contributed by atoms with Gasteiger partial charge in [0.2, 0.25) is 17.7 Å². The first-order valence-corrected chi connectivity index (χ1v) is 8.20. The molecule has 1 aromatic carbocycles. The Morgan fingerprint density at radius 3 is 2.76 bits per heavy atom. The quantitative estimate of drug-likeness (QED) is 0.355. The third kappa shape index (κ3) is 2.25. The molecule has 1 amide bonds. The van der Waals surface area contributed by atoms with Crippen LogP contribution in [0.2, 0.25) is 0 Å². The molecule has 0 saturated carbocycles. The van der Waals surface area contributed by atoms with Crippen LogP contribution in [-0.2, 0) is 19.7 Å². The van der Waals surface area contributed by atoms with Crippen LogP contribution in [0.1, 0.15) is 17.0 Å². The zero-order chi connectivity index (χ0) is 21.1. The van der Waals surface area contributed by atoms with E-state index in [0.717, 1.165) is 13.2 Å². The summed E-state index contributed by atoms with van der Waals surface area (Å²) in [5.41, 5.74) is 2.03. The van der Waals surface area contributed by atoms with E-state index in [1.54, 1.807) is 0 Å². The molecule has 0 fully saturated rings. The van der Waals surface area contributed by atoms with Crippen molar-refractivity contribution >= 4 is 23.3 Å². The molecule has 0 radical (unpaired) electrons. The standard InChI is InChI=1S/C17H13N5O7/c1-6-19-13(23)11-14(20-6)29-12(18)10(15(24)28-2)17(11)8-5-7(22(26)27)3-4-9(8)21-16(17)25/h3-5H,18H2,1-2H3,(H,21,25)(H,19,20,23). The Morgan fingerprint density at radius 1 is 1.38 bits per heavy atom. The topological polar surface area (TPSA) is 180 Å². The van der Waals surface area contributed by atoms with Crippen LogP contribution in [0.4, 0.5) is 11.4 Å². The van der Waals surface area contributed by atoms with Crippen LogP contribution in [0.3, 0.4) is 0 Å². The van der Waals surface area contributed by atoms with E-state index in [1.165, 1.54) is 19.1 Å². The molecular formula is C17H13N5O7. The Balaban J connectivity index is 2.20. The summed E-state index contributed by atoms with van der Waals surface area (Å²) in [7, 11) is 1.06. The molecule has 4 rings (SSSR count). The zero-order valence-corrected chi connectivity index (χ0v) is 15.1. The molecule has 2 aliphatic heterocycles. The Bertz CT molecular complexity index is 1220. The lowest BCUT2D eigenvalue weighted by Crippen LogP contribution is -2.49. The van der Waals surface area contributed by atoms with Gasteiger partial charge in [-0.25, -0.2) is 4.79 Å². The average Bonchev–Trinajstić information content (AvgIpc) is 2.92. The minimum atomic E-state index is -2.14. The molecule has 2 aliphatic rings. The monoisotopic (exact) mass is 399 g/mol. The van der Waals surface area contributed by atoms with Crippen LogP contribution in [0.15, 0.2) is 34.4 Å². The van der Waals surface area contributed by atoms with E-state index in [1.807, 2.05) is 0 Å². The zero-order valence-electron chi connectivity index (χ0n) is 15.1. The number of nitrogens with zero attached hydrogens (tertiary/aromatic N) is 2. The minimum Gasteiger partial charge on any atom is -0.465 e. The fourth-order valence-electron chi connectivity index (χ4n) is 3.69. The molecule has 2 aromatic rings. The van der Waals surface area contributed by atoms with E-state index in [4.69, 9.17) is 15.2 Å². The number of nitro benzene ring substituents is 1. The average molecular weight is 399 g/mol. The van der Waals surface area contributed by atoms with Crippen LogP contribution in [0.25, 0.3) is 0 Å². The summed E-state index contributed by atoms with van der Waals surface area (Å²) in [6, 6.07) is 3.58.